The van der Waals surface area contributed by atoms with Crippen molar-refractivity contribution in [1.29, 1.82) is 0 Å². The van der Waals surface area contributed by atoms with E-state index in [2.05, 4.69) is 30.6 Å². The fourth-order valence-electron chi connectivity index (χ4n) is 2.00. The molecule has 0 spiro atoms. The number of nitrogens with zero attached hydrogens (tertiary/aromatic N) is 5. The predicted octanol–water partition coefficient (Wildman–Crippen LogP) is -0.670. The molecule has 104 valence electrons. The molecule has 1 unspecified atom stereocenters. The first-order chi connectivity index (χ1) is 9.72. The fraction of sp³-hybridized carbons (Fsp3) is 0.364. The summed E-state index contributed by atoms with van der Waals surface area (Å²) >= 11 is 0. The minimum Gasteiger partial charge on any atom is -0.368 e. The third kappa shape index (κ3) is 2.51. The van der Waals surface area contributed by atoms with Gasteiger partial charge in [-0.05, 0) is 12.8 Å². The second-order valence-corrected chi connectivity index (χ2v) is 4.42. The molecule has 4 N–H and O–H groups in total. The van der Waals surface area contributed by atoms with Crippen molar-refractivity contribution in [3.05, 3.63) is 18.7 Å². The normalized spacial score (nSPS) is 18.6. The van der Waals surface area contributed by atoms with E-state index < -0.39 is 0 Å². The van der Waals surface area contributed by atoms with E-state index in [1.807, 2.05) is 0 Å². The number of anilines is 2. The van der Waals surface area contributed by atoms with Crippen LogP contribution in [0.4, 0.5) is 11.9 Å². The number of hydrogen-bond donors (Lipinski definition) is 3. The van der Waals surface area contributed by atoms with Crippen LogP contribution in [0.25, 0.3) is 5.95 Å². The van der Waals surface area contributed by atoms with Gasteiger partial charge in [-0.2, -0.15) is 15.0 Å². The summed E-state index contributed by atoms with van der Waals surface area (Å²) in [5, 5.41) is 5.78. The maximum Gasteiger partial charge on any atom is 0.242 e. The lowest BCUT2D eigenvalue weighted by atomic mass is 10.1. The molecule has 0 saturated carbocycles. The van der Waals surface area contributed by atoms with Crippen LogP contribution in [0, 0.1) is 0 Å². The quantitative estimate of drug-likeness (QED) is 0.678. The van der Waals surface area contributed by atoms with Crippen LogP contribution in [0.1, 0.15) is 12.8 Å². The number of carbonyl (C=O) groups excluding carboxylic acids is 1. The molecule has 1 aliphatic heterocycles. The zero-order valence-corrected chi connectivity index (χ0v) is 10.7. The van der Waals surface area contributed by atoms with Crippen molar-refractivity contribution in [3.63, 3.8) is 0 Å². The van der Waals surface area contributed by atoms with Crippen LogP contribution in [0.3, 0.4) is 0 Å². The minimum atomic E-state index is -0.346. The summed E-state index contributed by atoms with van der Waals surface area (Å²) in [4.78, 5) is 27.9. The van der Waals surface area contributed by atoms with Crippen molar-refractivity contribution in [2.75, 3.05) is 17.6 Å². The van der Waals surface area contributed by atoms with Crippen molar-refractivity contribution < 1.29 is 4.79 Å². The van der Waals surface area contributed by atoms with Gasteiger partial charge in [0.2, 0.25) is 23.8 Å². The molecule has 0 bridgehead atoms. The van der Waals surface area contributed by atoms with E-state index in [1.54, 1.807) is 23.3 Å². The Morgan fingerprint density at radius 1 is 1.40 bits per heavy atom. The highest BCUT2D eigenvalue weighted by Crippen LogP contribution is 2.11. The smallest absolute Gasteiger partial charge is 0.242 e. The van der Waals surface area contributed by atoms with Gasteiger partial charge in [-0.1, -0.05) is 0 Å². The lowest BCUT2D eigenvalue weighted by molar-refractivity contribution is -0.123. The van der Waals surface area contributed by atoms with E-state index in [0.29, 0.717) is 12.5 Å². The number of nitrogen functional groups attached to an aromatic ring is 1. The SMILES string of the molecule is Nc1nc(NC2CCCNC2=O)nc(-n2ccnc2)n1. The lowest BCUT2D eigenvalue weighted by Crippen LogP contribution is -2.44. The van der Waals surface area contributed by atoms with Crippen LogP contribution in [0.15, 0.2) is 18.7 Å². The van der Waals surface area contributed by atoms with Crippen LogP contribution in [0.2, 0.25) is 0 Å². The molecule has 0 radical (unpaired) electrons. The largest absolute Gasteiger partial charge is 0.368 e. The van der Waals surface area contributed by atoms with Gasteiger partial charge in [-0.3, -0.25) is 9.36 Å². The molecule has 9 heteroatoms. The van der Waals surface area contributed by atoms with E-state index in [9.17, 15) is 4.79 Å². The fourth-order valence-corrected chi connectivity index (χ4v) is 2.00. The molecule has 0 aliphatic carbocycles. The van der Waals surface area contributed by atoms with Crippen LogP contribution >= 0.6 is 0 Å². The number of imidazole rings is 1. The average molecular weight is 274 g/mol. The van der Waals surface area contributed by atoms with Gasteiger partial charge in [0.05, 0.1) is 0 Å². The first-order valence-electron chi connectivity index (χ1n) is 6.26. The number of piperidine rings is 1. The molecular weight excluding hydrogens is 260 g/mol. The number of carbonyl (C=O) groups is 1. The predicted molar refractivity (Wildman–Crippen MR) is 71.0 cm³/mol. The van der Waals surface area contributed by atoms with Crippen LogP contribution in [-0.4, -0.2) is 43.0 Å². The van der Waals surface area contributed by atoms with Gasteiger partial charge in [-0.15, -0.1) is 0 Å². The molecule has 3 rings (SSSR count). The topological polar surface area (TPSA) is 124 Å². The van der Waals surface area contributed by atoms with Crippen LogP contribution < -0.4 is 16.4 Å². The summed E-state index contributed by atoms with van der Waals surface area (Å²) in [7, 11) is 0. The summed E-state index contributed by atoms with van der Waals surface area (Å²) in [5.41, 5.74) is 5.67. The molecule has 1 amide bonds. The number of nitrogens with one attached hydrogen (secondary N) is 2. The second-order valence-electron chi connectivity index (χ2n) is 4.42. The Morgan fingerprint density at radius 2 is 2.30 bits per heavy atom. The standard InChI is InChI=1S/C11H14N8O/c12-9-16-10(15-7-2-1-3-14-8(7)20)18-11(17-9)19-5-4-13-6-19/h4-7H,1-3H2,(H,14,20)(H3,12,15,16,17,18). The highest BCUT2D eigenvalue weighted by Gasteiger charge is 2.22. The molecule has 9 nitrogen and oxygen atoms in total. The Bertz CT molecular complexity index is 611. The summed E-state index contributed by atoms with van der Waals surface area (Å²) < 4.78 is 1.62. The Labute approximate surface area is 114 Å². The number of aromatic nitrogens is 5. The van der Waals surface area contributed by atoms with Gasteiger partial charge < -0.3 is 16.4 Å². The summed E-state index contributed by atoms with van der Waals surface area (Å²) in [5.74, 6) is 0.666. The van der Waals surface area contributed by atoms with Gasteiger partial charge in [0.25, 0.3) is 0 Å². The third-order valence-corrected chi connectivity index (χ3v) is 2.96. The van der Waals surface area contributed by atoms with E-state index in [0.717, 1.165) is 12.8 Å². The number of amides is 1. The maximum absolute atomic E-state index is 11.7. The zero-order valence-electron chi connectivity index (χ0n) is 10.7. The average Bonchev–Trinajstić information content (AvgIpc) is 2.95. The van der Waals surface area contributed by atoms with E-state index in [4.69, 9.17) is 5.73 Å². The minimum absolute atomic E-state index is 0.0561. The van der Waals surface area contributed by atoms with Gasteiger partial charge in [0.15, 0.2) is 0 Å². The van der Waals surface area contributed by atoms with Gasteiger partial charge in [0.1, 0.15) is 12.4 Å². The van der Waals surface area contributed by atoms with Gasteiger partial charge in [-0.25, -0.2) is 4.98 Å². The van der Waals surface area contributed by atoms with Gasteiger partial charge >= 0.3 is 0 Å². The van der Waals surface area contributed by atoms with Crippen molar-refractivity contribution in [2.45, 2.75) is 18.9 Å². The first-order valence-corrected chi connectivity index (χ1v) is 6.26. The second kappa shape index (κ2) is 5.11. The molecule has 2 aromatic heterocycles. The molecule has 20 heavy (non-hydrogen) atoms. The Hall–Kier alpha value is -2.71. The van der Waals surface area contributed by atoms with Crippen LogP contribution in [-0.2, 0) is 4.79 Å². The molecule has 2 aromatic rings. The molecule has 1 aliphatic rings. The van der Waals surface area contributed by atoms with E-state index in [-0.39, 0.29) is 23.8 Å². The molecule has 1 saturated heterocycles. The number of rotatable bonds is 3. The van der Waals surface area contributed by atoms with E-state index in [1.165, 1.54) is 0 Å². The monoisotopic (exact) mass is 274 g/mol. The maximum atomic E-state index is 11.7. The molecule has 1 fully saturated rings. The highest BCUT2D eigenvalue weighted by molar-refractivity contribution is 5.84. The molecule has 1 atom stereocenters. The number of nitrogens with two attached hydrogens (primary N) is 1. The van der Waals surface area contributed by atoms with Crippen molar-refractivity contribution in [3.8, 4) is 5.95 Å². The summed E-state index contributed by atoms with van der Waals surface area (Å²) in [6.45, 7) is 0.705. The summed E-state index contributed by atoms with van der Waals surface area (Å²) in [6, 6.07) is -0.346. The molecule has 0 aromatic carbocycles. The van der Waals surface area contributed by atoms with Crippen molar-refractivity contribution in [2.24, 2.45) is 0 Å². The number of hydrogen-bond acceptors (Lipinski definition) is 7. The Morgan fingerprint density at radius 3 is 3.05 bits per heavy atom. The Kier molecular flexibility index (Phi) is 3.15. The van der Waals surface area contributed by atoms with Gasteiger partial charge in [0, 0.05) is 18.9 Å². The first kappa shape index (κ1) is 12.3. The molecule has 3 heterocycles. The third-order valence-electron chi connectivity index (χ3n) is 2.96. The molecular formula is C11H14N8O. The van der Waals surface area contributed by atoms with E-state index >= 15 is 0 Å². The van der Waals surface area contributed by atoms with Crippen molar-refractivity contribution >= 4 is 17.8 Å². The highest BCUT2D eigenvalue weighted by atomic mass is 16.2. The lowest BCUT2D eigenvalue weighted by Gasteiger charge is -2.22. The van der Waals surface area contributed by atoms with Crippen molar-refractivity contribution in [1.82, 2.24) is 29.8 Å². The Balaban J connectivity index is 1.84. The summed E-state index contributed by atoms with van der Waals surface area (Å²) in [6.07, 6.45) is 6.52. The zero-order chi connectivity index (χ0) is 13.9. The van der Waals surface area contributed by atoms with Crippen LogP contribution in [0.5, 0.6) is 0 Å².